The Hall–Kier alpha value is -3.75. The summed E-state index contributed by atoms with van der Waals surface area (Å²) in [5, 5.41) is 10.8. The van der Waals surface area contributed by atoms with Gasteiger partial charge in [-0.3, -0.25) is 9.69 Å². The Bertz CT molecular complexity index is 1080. The van der Waals surface area contributed by atoms with Gasteiger partial charge in [0.05, 0.1) is 17.6 Å². The molecule has 1 atom stereocenters. The number of rotatable bonds is 5. The van der Waals surface area contributed by atoms with Crippen molar-refractivity contribution >= 4 is 28.9 Å². The van der Waals surface area contributed by atoms with Crippen molar-refractivity contribution in [2.45, 2.75) is 19.6 Å². The minimum absolute atomic E-state index is 0.269. The zero-order chi connectivity index (χ0) is 20.4. The summed E-state index contributed by atoms with van der Waals surface area (Å²) in [6, 6.07) is 14.1. The number of carbonyl (C=O) groups excluding carboxylic acids is 3. The van der Waals surface area contributed by atoms with Crippen LogP contribution in [0.2, 0.25) is 0 Å². The number of fused-ring (bicyclic) bond motifs is 1. The molecule has 3 amide bonds. The molecule has 0 spiro atoms. The molecule has 1 aliphatic heterocycles. The molecule has 1 saturated heterocycles. The van der Waals surface area contributed by atoms with Crippen LogP contribution in [-0.4, -0.2) is 57.0 Å². The molecule has 1 N–H and O–H groups in total. The molecule has 1 fully saturated rings. The van der Waals surface area contributed by atoms with E-state index in [0.29, 0.717) is 18.7 Å². The van der Waals surface area contributed by atoms with Crippen LogP contribution < -0.4 is 5.32 Å². The van der Waals surface area contributed by atoms with Crippen molar-refractivity contribution in [2.24, 2.45) is 0 Å². The number of aromatic nitrogens is 3. The minimum Gasteiger partial charge on any atom is -0.449 e. The van der Waals surface area contributed by atoms with Crippen molar-refractivity contribution in [2.75, 3.05) is 13.1 Å². The van der Waals surface area contributed by atoms with Gasteiger partial charge < -0.3 is 10.1 Å². The number of carbonyl (C=O) groups is 3. The molecule has 3 aromatic rings. The van der Waals surface area contributed by atoms with Crippen LogP contribution in [0.5, 0.6) is 0 Å². The van der Waals surface area contributed by atoms with Gasteiger partial charge >= 0.3 is 12.0 Å². The lowest BCUT2D eigenvalue weighted by Crippen LogP contribution is -2.41. The van der Waals surface area contributed by atoms with Gasteiger partial charge in [-0.25, -0.2) is 14.3 Å². The number of ether oxygens (including phenoxy) is 1. The fourth-order valence-corrected chi connectivity index (χ4v) is 3.13. The first-order chi connectivity index (χ1) is 14.0. The Labute approximate surface area is 166 Å². The molecule has 148 valence electrons. The van der Waals surface area contributed by atoms with Crippen LogP contribution in [0.25, 0.3) is 11.0 Å². The normalized spacial score (nSPS) is 14.7. The van der Waals surface area contributed by atoms with Crippen molar-refractivity contribution in [1.82, 2.24) is 25.2 Å². The van der Waals surface area contributed by atoms with E-state index in [4.69, 9.17) is 4.74 Å². The van der Waals surface area contributed by atoms with Crippen LogP contribution in [0.3, 0.4) is 0 Å². The van der Waals surface area contributed by atoms with Gasteiger partial charge in [0, 0.05) is 13.1 Å². The van der Waals surface area contributed by atoms with Gasteiger partial charge in [0.2, 0.25) is 0 Å². The van der Waals surface area contributed by atoms with E-state index in [1.807, 2.05) is 24.3 Å². The third kappa shape index (κ3) is 3.79. The summed E-state index contributed by atoms with van der Waals surface area (Å²) in [6.07, 6.45) is -1.05. The van der Waals surface area contributed by atoms with Gasteiger partial charge in [-0.05, 0) is 36.8 Å². The quantitative estimate of drug-likeness (QED) is 0.660. The molecule has 0 saturated carbocycles. The van der Waals surface area contributed by atoms with Crippen molar-refractivity contribution in [3.63, 3.8) is 0 Å². The molecule has 4 rings (SSSR count). The van der Waals surface area contributed by atoms with E-state index in [1.54, 1.807) is 28.9 Å². The molecule has 1 aliphatic rings. The van der Waals surface area contributed by atoms with Crippen LogP contribution in [0.15, 0.2) is 48.5 Å². The SMILES string of the molecule is C[C@H](OC(=O)c1ccc(Cn2nnc3ccccc32)cc1)C(=O)N1CCNC1=O. The molecule has 0 radical (unpaired) electrons. The lowest BCUT2D eigenvalue weighted by molar-refractivity contribution is -0.136. The minimum atomic E-state index is -1.05. The highest BCUT2D eigenvalue weighted by Crippen LogP contribution is 2.14. The molecular weight excluding hydrogens is 374 g/mol. The first kappa shape index (κ1) is 18.6. The Morgan fingerprint density at radius 1 is 1.17 bits per heavy atom. The van der Waals surface area contributed by atoms with Crippen LogP contribution in [0.4, 0.5) is 4.79 Å². The van der Waals surface area contributed by atoms with Crippen molar-refractivity contribution in [3.8, 4) is 0 Å². The summed E-state index contributed by atoms with van der Waals surface area (Å²) < 4.78 is 7.01. The number of benzene rings is 2. The lowest BCUT2D eigenvalue weighted by atomic mass is 10.1. The third-order valence-electron chi connectivity index (χ3n) is 4.70. The summed E-state index contributed by atoms with van der Waals surface area (Å²) in [7, 11) is 0. The van der Waals surface area contributed by atoms with E-state index >= 15 is 0 Å². The van der Waals surface area contributed by atoms with Crippen LogP contribution in [-0.2, 0) is 16.1 Å². The fraction of sp³-hybridized carbons (Fsp3) is 0.250. The zero-order valence-electron chi connectivity index (χ0n) is 15.7. The Kier molecular flexibility index (Phi) is 4.94. The maximum atomic E-state index is 12.3. The lowest BCUT2D eigenvalue weighted by Gasteiger charge is -2.18. The number of imide groups is 1. The molecule has 0 bridgehead atoms. The Morgan fingerprint density at radius 2 is 1.93 bits per heavy atom. The molecule has 2 heterocycles. The third-order valence-corrected chi connectivity index (χ3v) is 4.70. The smallest absolute Gasteiger partial charge is 0.338 e. The standard InChI is InChI=1S/C20H19N5O4/c1-13(18(26)24-11-10-21-20(24)28)29-19(27)15-8-6-14(7-9-15)12-25-17-5-3-2-4-16(17)22-23-25/h2-9,13H,10-12H2,1H3,(H,21,28)/t13-/m0/s1. The molecule has 0 aliphatic carbocycles. The van der Waals surface area contributed by atoms with Crippen molar-refractivity contribution in [1.29, 1.82) is 0 Å². The zero-order valence-corrected chi connectivity index (χ0v) is 15.7. The topological polar surface area (TPSA) is 106 Å². The number of hydrogen-bond acceptors (Lipinski definition) is 6. The van der Waals surface area contributed by atoms with Crippen molar-refractivity contribution in [3.05, 3.63) is 59.7 Å². The largest absolute Gasteiger partial charge is 0.449 e. The Balaban J connectivity index is 1.40. The van der Waals surface area contributed by atoms with E-state index < -0.39 is 24.0 Å². The molecular formula is C20H19N5O4. The average Bonchev–Trinajstić information content (AvgIpc) is 3.34. The van der Waals surface area contributed by atoms with E-state index in [1.165, 1.54) is 6.92 Å². The van der Waals surface area contributed by atoms with Gasteiger partial charge in [0.15, 0.2) is 6.10 Å². The van der Waals surface area contributed by atoms with Crippen LogP contribution in [0, 0.1) is 0 Å². The van der Waals surface area contributed by atoms with Crippen molar-refractivity contribution < 1.29 is 19.1 Å². The second kappa shape index (κ2) is 7.70. The maximum absolute atomic E-state index is 12.3. The van der Waals surface area contributed by atoms with Crippen LogP contribution >= 0.6 is 0 Å². The molecule has 0 unspecified atom stereocenters. The highest BCUT2D eigenvalue weighted by molar-refractivity contribution is 5.99. The highest BCUT2D eigenvalue weighted by atomic mass is 16.5. The maximum Gasteiger partial charge on any atom is 0.338 e. The van der Waals surface area contributed by atoms with E-state index in [9.17, 15) is 14.4 Å². The van der Waals surface area contributed by atoms with E-state index in [0.717, 1.165) is 21.5 Å². The number of nitrogens with one attached hydrogen (secondary N) is 1. The second-order valence-corrected chi connectivity index (χ2v) is 6.70. The second-order valence-electron chi connectivity index (χ2n) is 6.70. The van der Waals surface area contributed by atoms with Gasteiger partial charge in [-0.15, -0.1) is 5.10 Å². The number of urea groups is 1. The summed E-state index contributed by atoms with van der Waals surface area (Å²) >= 11 is 0. The molecule has 2 aromatic carbocycles. The summed E-state index contributed by atoms with van der Waals surface area (Å²) in [4.78, 5) is 37.2. The first-order valence-corrected chi connectivity index (χ1v) is 9.20. The molecule has 9 nitrogen and oxygen atoms in total. The first-order valence-electron chi connectivity index (χ1n) is 9.20. The van der Waals surface area contributed by atoms with Gasteiger partial charge in [-0.1, -0.05) is 29.5 Å². The molecule has 1 aromatic heterocycles. The van der Waals surface area contributed by atoms with E-state index in [2.05, 4.69) is 15.6 Å². The fourth-order valence-electron chi connectivity index (χ4n) is 3.13. The summed E-state index contributed by atoms with van der Waals surface area (Å²) in [5.74, 6) is -1.16. The Morgan fingerprint density at radius 3 is 2.66 bits per heavy atom. The predicted octanol–water partition coefficient (Wildman–Crippen LogP) is 1.58. The number of hydrogen-bond donors (Lipinski definition) is 1. The van der Waals surface area contributed by atoms with Gasteiger partial charge in [0.25, 0.3) is 5.91 Å². The predicted molar refractivity (Wildman–Crippen MR) is 103 cm³/mol. The summed E-state index contributed by atoms with van der Waals surface area (Å²) in [6.45, 7) is 2.63. The number of para-hydroxylation sites is 1. The molecule has 9 heteroatoms. The van der Waals surface area contributed by atoms with Crippen LogP contribution in [0.1, 0.15) is 22.8 Å². The number of amides is 3. The number of esters is 1. The van der Waals surface area contributed by atoms with E-state index in [-0.39, 0.29) is 6.54 Å². The number of nitrogens with zero attached hydrogens (tertiary/aromatic N) is 4. The van der Waals surface area contributed by atoms with Gasteiger partial charge in [0.1, 0.15) is 5.52 Å². The van der Waals surface area contributed by atoms with Gasteiger partial charge in [-0.2, -0.15) is 0 Å². The monoisotopic (exact) mass is 393 g/mol. The summed E-state index contributed by atoms with van der Waals surface area (Å²) in [5.41, 5.74) is 3.00. The molecule has 29 heavy (non-hydrogen) atoms. The average molecular weight is 393 g/mol. The highest BCUT2D eigenvalue weighted by Gasteiger charge is 2.31.